The average Bonchev–Trinajstić information content (AvgIpc) is 2.18. The van der Waals surface area contributed by atoms with Gasteiger partial charge in [-0.05, 0) is 34.1 Å². The highest BCUT2D eigenvalue weighted by Crippen LogP contribution is 2.22. The van der Waals surface area contributed by atoms with Gasteiger partial charge in [-0.25, -0.2) is 4.39 Å². The maximum Gasteiger partial charge on any atom is 0.251 e. The maximum absolute atomic E-state index is 13.9. The van der Waals surface area contributed by atoms with Gasteiger partial charge in [-0.2, -0.15) is 0 Å². The van der Waals surface area contributed by atoms with Crippen molar-refractivity contribution in [3.8, 4) is 0 Å². The molecule has 0 saturated carbocycles. The third-order valence-electron chi connectivity index (χ3n) is 2.66. The van der Waals surface area contributed by atoms with Gasteiger partial charge in [0.05, 0.1) is 18.2 Å². The van der Waals surface area contributed by atoms with Crippen molar-refractivity contribution in [2.24, 2.45) is 0 Å². The van der Waals surface area contributed by atoms with E-state index < -0.39 is 24.3 Å². The highest BCUT2D eigenvalue weighted by atomic mass is 19.1. The Balaban J connectivity index is 2.53. The molecule has 1 amide bonds. The SMILES string of the molecule is C[C@H](O)C(=O)N1CC[C@H](OC(C)(C)C)[C@H](F)C1. The van der Waals surface area contributed by atoms with Gasteiger partial charge in [-0.3, -0.25) is 4.79 Å². The van der Waals surface area contributed by atoms with Crippen LogP contribution in [0.5, 0.6) is 0 Å². The summed E-state index contributed by atoms with van der Waals surface area (Å²) in [4.78, 5) is 12.9. The molecule has 3 atom stereocenters. The summed E-state index contributed by atoms with van der Waals surface area (Å²) in [6.45, 7) is 7.48. The number of rotatable bonds is 2. The van der Waals surface area contributed by atoms with Gasteiger partial charge in [0.2, 0.25) is 0 Å². The van der Waals surface area contributed by atoms with Gasteiger partial charge in [-0.1, -0.05) is 0 Å². The van der Waals surface area contributed by atoms with E-state index >= 15 is 0 Å². The molecule has 5 heteroatoms. The van der Waals surface area contributed by atoms with E-state index in [0.29, 0.717) is 13.0 Å². The molecule has 1 aliphatic heterocycles. The van der Waals surface area contributed by atoms with Crippen molar-refractivity contribution in [3.63, 3.8) is 0 Å². The Bertz CT molecular complexity index is 275. The van der Waals surface area contributed by atoms with Crippen LogP contribution < -0.4 is 0 Å². The van der Waals surface area contributed by atoms with E-state index in [-0.39, 0.29) is 12.1 Å². The molecular formula is C12H22FNO3. The molecule has 100 valence electrons. The minimum Gasteiger partial charge on any atom is -0.384 e. The smallest absolute Gasteiger partial charge is 0.251 e. The Hall–Kier alpha value is -0.680. The first-order chi connectivity index (χ1) is 7.70. The number of halogens is 1. The van der Waals surface area contributed by atoms with Crippen LogP contribution in [0.4, 0.5) is 4.39 Å². The summed E-state index contributed by atoms with van der Waals surface area (Å²) < 4.78 is 19.5. The molecule has 0 bridgehead atoms. The number of carbonyl (C=O) groups is 1. The highest BCUT2D eigenvalue weighted by molar-refractivity contribution is 5.80. The summed E-state index contributed by atoms with van der Waals surface area (Å²) in [5.74, 6) is -0.415. The van der Waals surface area contributed by atoms with E-state index in [1.54, 1.807) is 0 Å². The van der Waals surface area contributed by atoms with Crippen LogP contribution >= 0.6 is 0 Å². The molecule has 0 aromatic heterocycles. The molecule has 0 spiro atoms. The molecule has 1 fully saturated rings. The van der Waals surface area contributed by atoms with E-state index in [1.165, 1.54) is 11.8 Å². The minimum atomic E-state index is -1.19. The second kappa shape index (κ2) is 5.31. The van der Waals surface area contributed by atoms with Crippen molar-refractivity contribution in [1.82, 2.24) is 4.90 Å². The molecular weight excluding hydrogens is 225 g/mol. The van der Waals surface area contributed by atoms with Gasteiger partial charge in [0.15, 0.2) is 0 Å². The molecule has 0 radical (unpaired) electrons. The molecule has 1 heterocycles. The van der Waals surface area contributed by atoms with Crippen LogP contribution in [0.2, 0.25) is 0 Å². The zero-order chi connectivity index (χ0) is 13.2. The molecule has 1 aliphatic rings. The predicted molar refractivity (Wildman–Crippen MR) is 62.4 cm³/mol. The quantitative estimate of drug-likeness (QED) is 0.795. The van der Waals surface area contributed by atoms with Gasteiger partial charge in [-0.15, -0.1) is 0 Å². The summed E-state index contributed by atoms with van der Waals surface area (Å²) >= 11 is 0. The summed E-state index contributed by atoms with van der Waals surface area (Å²) in [6.07, 6.45) is -2.25. The predicted octanol–water partition coefficient (Wildman–Crippen LogP) is 1.12. The van der Waals surface area contributed by atoms with Crippen LogP contribution in [-0.2, 0) is 9.53 Å². The fourth-order valence-corrected chi connectivity index (χ4v) is 1.93. The van der Waals surface area contributed by atoms with Crippen LogP contribution in [-0.4, -0.2) is 53.0 Å². The van der Waals surface area contributed by atoms with E-state index in [4.69, 9.17) is 9.84 Å². The number of carbonyl (C=O) groups excluding carboxylic acids is 1. The highest BCUT2D eigenvalue weighted by Gasteiger charge is 2.35. The minimum absolute atomic E-state index is 0.00444. The Morgan fingerprint density at radius 3 is 2.53 bits per heavy atom. The third-order valence-corrected chi connectivity index (χ3v) is 2.66. The third kappa shape index (κ3) is 4.24. The summed E-state index contributed by atoms with van der Waals surface area (Å²) in [6, 6.07) is 0. The molecule has 17 heavy (non-hydrogen) atoms. The van der Waals surface area contributed by atoms with Crippen LogP contribution in [0.15, 0.2) is 0 Å². The number of aliphatic hydroxyl groups is 1. The zero-order valence-electron chi connectivity index (χ0n) is 10.9. The Labute approximate surface area is 102 Å². The van der Waals surface area contributed by atoms with Crippen LogP contribution in [0.25, 0.3) is 0 Å². The first kappa shape index (κ1) is 14.4. The second-order valence-corrected chi connectivity index (χ2v) is 5.53. The summed E-state index contributed by atoms with van der Waals surface area (Å²) in [7, 11) is 0. The van der Waals surface area contributed by atoms with Crippen LogP contribution in [0.3, 0.4) is 0 Å². The topological polar surface area (TPSA) is 49.8 Å². The fraction of sp³-hybridized carbons (Fsp3) is 0.917. The van der Waals surface area contributed by atoms with Gasteiger partial charge in [0.25, 0.3) is 5.91 Å². The van der Waals surface area contributed by atoms with Gasteiger partial charge < -0.3 is 14.7 Å². The monoisotopic (exact) mass is 247 g/mol. The zero-order valence-corrected chi connectivity index (χ0v) is 10.9. The number of alkyl halides is 1. The van der Waals surface area contributed by atoms with E-state index in [9.17, 15) is 9.18 Å². The Kier molecular flexibility index (Phi) is 4.49. The van der Waals surface area contributed by atoms with Gasteiger partial charge in [0.1, 0.15) is 12.3 Å². The lowest BCUT2D eigenvalue weighted by Gasteiger charge is -2.38. The first-order valence-corrected chi connectivity index (χ1v) is 5.99. The molecule has 4 nitrogen and oxygen atoms in total. The molecule has 0 aromatic rings. The van der Waals surface area contributed by atoms with E-state index in [2.05, 4.69) is 0 Å². The van der Waals surface area contributed by atoms with Crippen molar-refractivity contribution in [1.29, 1.82) is 0 Å². The van der Waals surface area contributed by atoms with Gasteiger partial charge >= 0.3 is 0 Å². The number of aliphatic hydroxyl groups excluding tert-OH is 1. The lowest BCUT2D eigenvalue weighted by Crippen LogP contribution is -2.51. The van der Waals surface area contributed by atoms with Crippen LogP contribution in [0, 0.1) is 0 Å². The van der Waals surface area contributed by atoms with Crippen molar-refractivity contribution < 1.29 is 19.0 Å². The van der Waals surface area contributed by atoms with Crippen molar-refractivity contribution in [2.45, 2.75) is 58.1 Å². The van der Waals surface area contributed by atoms with Gasteiger partial charge in [0, 0.05) is 6.54 Å². The number of piperidine rings is 1. The normalized spacial score (nSPS) is 28.0. The van der Waals surface area contributed by atoms with E-state index in [0.717, 1.165) is 0 Å². The molecule has 0 unspecified atom stereocenters. The number of amides is 1. The summed E-state index contributed by atoms with van der Waals surface area (Å²) in [5, 5.41) is 9.17. The van der Waals surface area contributed by atoms with Crippen molar-refractivity contribution in [3.05, 3.63) is 0 Å². The molecule has 1 N–H and O–H groups in total. The maximum atomic E-state index is 13.9. The Morgan fingerprint density at radius 1 is 1.53 bits per heavy atom. The number of nitrogens with zero attached hydrogens (tertiary/aromatic N) is 1. The van der Waals surface area contributed by atoms with Crippen molar-refractivity contribution >= 4 is 5.91 Å². The molecule has 1 rings (SSSR count). The number of ether oxygens (including phenoxy) is 1. The Morgan fingerprint density at radius 2 is 2.12 bits per heavy atom. The second-order valence-electron chi connectivity index (χ2n) is 5.53. The molecule has 1 saturated heterocycles. The lowest BCUT2D eigenvalue weighted by atomic mass is 10.0. The molecule has 0 aromatic carbocycles. The van der Waals surface area contributed by atoms with Crippen LogP contribution in [0.1, 0.15) is 34.1 Å². The average molecular weight is 247 g/mol. The van der Waals surface area contributed by atoms with E-state index in [1.807, 2.05) is 20.8 Å². The largest absolute Gasteiger partial charge is 0.384 e. The standard InChI is InChI=1S/C12H22FNO3/c1-8(15)11(16)14-6-5-10(9(13)7-14)17-12(2,3)4/h8-10,15H,5-7H2,1-4H3/t8-,9+,10-/m0/s1. The first-order valence-electron chi connectivity index (χ1n) is 5.99. The van der Waals surface area contributed by atoms with Crippen molar-refractivity contribution in [2.75, 3.05) is 13.1 Å². The lowest BCUT2D eigenvalue weighted by molar-refractivity contribution is -0.150. The number of hydrogen-bond donors (Lipinski definition) is 1. The fourth-order valence-electron chi connectivity index (χ4n) is 1.93. The number of hydrogen-bond acceptors (Lipinski definition) is 3. The summed E-state index contributed by atoms with van der Waals surface area (Å²) in [5.41, 5.74) is -0.383. The number of likely N-dealkylation sites (tertiary alicyclic amines) is 1. The molecule has 0 aliphatic carbocycles.